The molecule has 3 N–H and O–H groups in total. The molecule has 0 aliphatic carbocycles. The first-order chi connectivity index (χ1) is 21.8. The van der Waals surface area contributed by atoms with Crippen LogP contribution in [0.25, 0.3) is 21.5 Å². The highest BCUT2D eigenvalue weighted by atomic mass is 32.2. The molecule has 244 valence electrons. The lowest BCUT2D eigenvalue weighted by atomic mass is 10.1. The van der Waals surface area contributed by atoms with Crippen LogP contribution in [0.4, 0.5) is 28.4 Å². The fourth-order valence-corrected chi connectivity index (χ4v) is 6.49. The van der Waals surface area contributed by atoms with Crippen molar-refractivity contribution in [3.63, 3.8) is 0 Å². The molecule has 5 rings (SSSR count). The second-order valence-corrected chi connectivity index (χ2v) is 14.5. The molecule has 5 aromatic rings. The molecule has 5 aromatic carbocycles. The van der Waals surface area contributed by atoms with Gasteiger partial charge in [0.1, 0.15) is 36.0 Å². The van der Waals surface area contributed by atoms with Crippen LogP contribution in [0.2, 0.25) is 0 Å². The van der Waals surface area contributed by atoms with Crippen LogP contribution in [-0.4, -0.2) is 52.8 Å². The molecule has 1 unspecified atom stereocenters. The molecule has 0 radical (unpaired) electrons. The Morgan fingerprint density at radius 1 is 0.638 bits per heavy atom. The maximum atomic E-state index is 12.1. The molecule has 0 aliphatic heterocycles. The van der Waals surface area contributed by atoms with E-state index in [1.165, 1.54) is 42.5 Å². The van der Waals surface area contributed by atoms with E-state index in [1.54, 1.807) is 0 Å². The Balaban J connectivity index is 1.66. The molecule has 0 saturated heterocycles. The summed E-state index contributed by atoms with van der Waals surface area (Å²) in [5, 5.41) is 26.4. The van der Waals surface area contributed by atoms with Crippen LogP contribution >= 0.6 is 0 Å². The fourth-order valence-electron chi connectivity index (χ4n) is 4.36. The Morgan fingerprint density at radius 3 is 1.79 bits per heavy atom. The largest absolute Gasteiger partial charge is 0.768 e. The van der Waals surface area contributed by atoms with E-state index < -0.39 is 73.2 Å². The number of nitrogens with zero attached hydrogens (tertiary/aromatic N) is 4. The van der Waals surface area contributed by atoms with Gasteiger partial charge < -0.3 is 29.1 Å². The van der Waals surface area contributed by atoms with E-state index in [-0.39, 0.29) is 43.5 Å². The normalized spacial score (nSPS) is 13.6. The zero-order valence-corrected chi connectivity index (χ0v) is 26.1. The maximum absolute atomic E-state index is 12.1. The van der Waals surface area contributed by atoms with Gasteiger partial charge in [-0.3, -0.25) is 4.21 Å². The van der Waals surface area contributed by atoms with Crippen molar-refractivity contribution in [3.8, 4) is 5.75 Å². The topological polar surface area (TPSA) is 307 Å². The lowest BCUT2D eigenvalue weighted by Crippen LogP contribution is -2.04. The van der Waals surface area contributed by atoms with Crippen molar-refractivity contribution in [1.29, 1.82) is 0 Å². The number of azo groups is 2. The number of hydrogen-bond acceptors (Lipinski definition) is 17. The Hall–Kier alpha value is -4.74. The van der Waals surface area contributed by atoms with Crippen molar-refractivity contribution in [3.05, 3.63) is 72.8 Å². The molecule has 0 bridgehead atoms. The number of benzene rings is 5. The molecule has 0 saturated carbocycles. The second kappa shape index (κ2) is 12.1. The zero-order valence-electron chi connectivity index (χ0n) is 22.9. The Labute approximate surface area is 267 Å². The minimum absolute atomic E-state index is 0.0843. The summed E-state index contributed by atoms with van der Waals surface area (Å²) in [6.07, 6.45) is 0. The van der Waals surface area contributed by atoms with Gasteiger partial charge in [0, 0.05) is 26.7 Å². The van der Waals surface area contributed by atoms with Gasteiger partial charge in [0.2, 0.25) is 0 Å². The zero-order chi connectivity index (χ0) is 34.5. The molecule has 0 spiro atoms. The minimum Gasteiger partial charge on any atom is -0.768 e. The number of nitrogens with two attached hydrogens (primary N) is 1. The van der Waals surface area contributed by atoms with Gasteiger partial charge in [-0.15, -0.1) is 15.3 Å². The van der Waals surface area contributed by atoms with Gasteiger partial charge in [-0.1, -0.05) is 6.07 Å². The van der Waals surface area contributed by atoms with E-state index >= 15 is 0 Å². The predicted molar refractivity (Wildman–Crippen MR) is 160 cm³/mol. The third-order valence-electron chi connectivity index (χ3n) is 6.51. The van der Waals surface area contributed by atoms with E-state index in [0.717, 1.165) is 18.2 Å². The highest BCUT2D eigenvalue weighted by Crippen LogP contribution is 2.44. The predicted octanol–water partition coefficient (Wildman–Crippen LogP) is 4.06. The number of rotatable bonds is 8. The van der Waals surface area contributed by atoms with Gasteiger partial charge in [-0.05, 0) is 83.2 Å². The molecular formula is C26H15N5O12S4-4. The first-order valence-electron chi connectivity index (χ1n) is 12.4. The van der Waals surface area contributed by atoms with E-state index in [1.807, 2.05) is 0 Å². The van der Waals surface area contributed by atoms with Crippen LogP contribution in [0, 0.1) is 0 Å². The number of fused-ring (bicyclic) bond motifs is 2. The van der Waals surface area contributed by atoms with Gasteiger partial charge in [0.05, 0.1) is 31.7 Å². The molecule has 0 amide bonds. The molecule has 0 fully saturated rings. The second-order valence-electron chi connectivity index (χ2n) is 9.49. The molecule has 1 atom stereocenters. The molecule has 0 aliphatic rings. The summed E-state index contributed by atoms with van der Waals surface area (Å²) in [4.78, 5) is -2.73. The van der Waals surface area contributed by atoms with Gasteiger partial charge in [0.15, 0.2) is 5.75 Å². The van der Waals surface area contributed by atoms with Crippen molar-refractivity contribution in [1.82, 2.24) is 0 Å². The van der Waals surface area contributed by atoms with Crippen molar-refractivity contribution < 1.29 is 52.8 Å². The third kappa shape index (κ3) is 7.01. The third-order valence-corrected chi connectivity index (χ3v) is 9.74. The SMILES string of the molecule is Nc1cc2c(O)c(N=Nc3ccc(N=Nc4ccc(S(=O)(=O)[O-])cc4)c4ccc(S(=O)[O-])cc34)c(S(=O)(=O)[O-])cc2cc1S(=O)(=O)[O-]. The number of anilines is 1. The minimum atomic E-state index is -5.40. The summed E-state index contributed by atoms with van der Waals surface area (Å²) < 4.78 is 128. The maximum Gasteiger partial charge on any atom is 0.152 e. The van der Waals surface area contributed by atoms with Crippen LogP contribution in [0.3, 0.4) is 0 Å². The smallest absolute Gasteiger partial charge is 0.152 e. The highest BCUT2D eigenvalue weighted by molar-refractivity contribution is 7.86. The fraction of sp³-hybridized carbons (Fsp3) is 0. The molecule has 0 heterocycles. The summed E-state index contributed by atoms with van der Waals surface area (Å²) in [6, 6.07) is 13.2. The Bertz CT molecular complexity index is 2540. The Kier molecular flexibility index (Phi) is 8.67. The first-order valence-corrected chi connectivity index (χ1v) is 17.7. The van der Waals surface area contributed by atoms with Crippen molar-refractivity contribution >= 4 is 91.4 Å². The summed E-state index contributed by atoms with van der Waals surface area (Å²) in [7, 11) is -15.2. The van der Waals surface area contributed by atoms with Gasteiger partial charge >= 0.3 is 0 Å². The lowest BCUT2D eigenvalue weighted by Gasteiger charge is -2.16. The van der Waals surface area contributed by atoms with Gasteiger partial charge in [-0.2, -0.15) is 5.11 Å². The number of nitrogen functional groups attached to an aromatic ring is 1. The number of phenols is 1. The molecule has 21 heteroatoms. The van der Waals surface area contributed by atoms with Crippen LogP contribution in [0.15, 0.2) is 113 Å². The standard InChI is InChI=1S/C26H19N5O12S4/c27-20-12-18-13(9-23(20)46(38,39)40)10-24(47(41,42)43)25(26(18)32)31-30-22-8-7-21(17-6-3-15(44(33)34)11-19(17)22)29-28-14-1-4-16(5-2-14)45(35,36)37/h1-12,32H,27H2,(H,33,34)(H,35,36,37)(H,38,39,40)(H,41,42,43)/p-4. The number of hydrogen-bond donors (Lipinski definition) is 2. The molecule has 47 heavy (non-hydrogen) atoms. The molecular weight excluding hydrogens is 703 g/mol. The Morgan fingerprint density at radius 2 is 1.21 bits per heavy atom. The average molecular weight is 718 g/mol. The lowest BCUT2D eigenvalue weighted by molar-refractivity contribution is 0.458. The van der Waals surface area contributed by atoms with E-state index in [9.17, 15) is 52.8 Å². The van der Waals surface area contributed by atoms with E-state index in [2.05, 4.69) is 20.5 Å². The summed E-state index contributed by atoms with van der Waals surface area (Å²) >= 11 is -2.72. The van der Waals surface area contributed by atoms with Crippen molar-refractivity contribution in [2.45, 2.75) is 19.6 Å². The highest BCUT2D eigenvalue weighted by Gasteiger charge is 2.20. The number of phenolic OH excluding ortho intramolecular Hbond substituents is 1. The summed E-state index contributed by atoms with van der Waals surface area (Å²) in [5.74, 6) is -0.950. The van der Waals surface area contributed by atoms with Crippen LogP contribution < -0.4 is 5.73 Å². The summed E-state index contributed by atoms with van der Waals surface area (Å²) in [5.41, 5.74) is 4.42. The van der Waals surface area contributed by atoms with Crippen LogP contribution in [-0.2, 0) is 41.4 Å². The van der Waals surface area contributed by atoms with Gasteiger partial charge in [-0.25, -0.2) is 25.3 Å². The summed E-state index contributed by atoms with van der Waals surface area (Å²) in [6.45, 7) is 0. The average Bonchev–Trinajstić information content (AvgIpc) is 2.98. The van der Waals surface area contributed by atoms with E-state index in [4.69, 9.17) is 5.73 Å². The van der Waals surface area contributed by atoms with Crippen molar-refractivity contribution in [2.75, 3.05) is 5.73 Å². The van der Waals surface area contributed by atoms with E-state index in [0.29, 0.717) is 12.1 Å². The quantitative estimate of drug-likeness (QED) is 0.0991. The van der Waals surface area contributed by atoms with Gasteiger partial charge in [0.25, 0.3) is 0 Å². The molecule has 17 nitrogen and oxygen atoms in total. The van der Waals surface area contributed by atoms with Crippen LogP contribution in [0.5, 0.6) is 5.75 Å². The van der Waals surface area contributed by atoms with Crippen molar-refractivity contribution in [2.24, 2.45) is 20.5 Å². The van der Waals surface area contributed by atoms with Crippen LogP contribution in [0.1, 0.15) is 0 Å². The monoisotopic (exact) mass is 717 g/mol. The number of aromatic hydroxyl groups is 1. The molecule has 0 aromatic heterocycles. The first kappa shape index (κ1) is 33.6.